The Kier molecular flexibility index (Phi) is 71.9. The molecule has 0 aromatic carbocycles. The van der Waals surface area contributed by atoms with Gasteiger partial charge in [-0.25, -0.2) is 0 Å². The standard InChI is InChI=1S/C78H149NO5/c1-3-5-7-9-11-13-15-17-43-47-50-54-58-62-66-70-76(81)75(74-80)79-77(82)71-67-63-59-55-51-48-44-41-39-37-35-33-31-29-27-25-23-21-19-18-20-22-24-26-28-30-32-34-36-38-40-42-45-49-53-57-61-65-69-73-84-78(83)72-68-64-60-56-52-46-16-14-12-10-8-6-4-2/h14,16,18-19,66,70,75-76,80-81H,3-13,15,17,20-65,67-69,71-74H2,1-2H3,(H,79,82)/b16-14-,19-18-,70-66+. The molecule has 0 aliphatic rings. The SMILES string of the molecule is CCCCCC/C=C\CCCCCCCC(=O)OCCCCCCCCCCCCCCCCCCCC/C=C\CCCCCCCCCCCCCCCCCCCC(=O)NC(CO)C(O)/C=C/CCCCCCCCCCCCCCC. The fourth-order valence-electron chi connectivity index (χ4n) is 12.0. The van der Waals surface area contributed by atoms with Crippen molar-refractivity contribution in [2.24, 2.45) is 0 Å². The molecule has 6 heteroatoms. The topological polar surface area (TPSA) is 95.9 Å². The van der Waals surface area contributed by atoms with Crippen LogP contribution in [0.15, 0.2) is 36.5 Å². The molecule has 2 atom stereocenters. The van der Waals surface area contributed by atoms with E-state index in [4.69, 9.17) is 4.74 Å². The van der Waals surface area contributed by atoms with Crippen LogP contribution in [0.4, 0.5) is 0 Å². The summed E-state index contributed by atoms with van der Waals surface area (Å²) in [6, 6.07) is -0.624. The molecule has 0 aliphatic heterocycles. The molecular formula is C78H149NO5. The Morgan fingerprint density at radius 3 is 0.857 bits per heavy atom. The van der Waals surface area contributed by atoms with Crippen molar-refractivity contribution in [2.75, 3.05) is 13.2 Å². The van der Waals surface area contributed by atoms with Gasteiger partial charge in [0.05, 0.1) is 25.4 Å². The van der Waals surface area contributed by atoms with Crippen LogP contribution in [0.25, 0.3) is 0 Å². The van der Waals surface area contributed by atoms with Crippen molar-refractivity contribution in [1.29, 1.82) is 0 Å². The first-order valence-electron chi connectivity index (χ1n) is 38.3. The maximum Gasteiger partial charge on any atom is 0.305 e. The molecule has 0 aliphatic carbocycles. The number of aliphatic hydroxyl groups excluding tert-OH is 2. The Balaban J connectivity index is 3.33. The van der Waals surface area contributed by atoms with E-state index in [1.165, 1.54) is 353 Å². The zero-order valence-electron chi connectivity index (χ0n) is 56.9. The summed E-state index contributed by atoms with van der Waals surface area (Å²) in [5.74, 6) is -0.0477. The smallest absolute Gasteiger partial charge is 0.305 e. The molecule has 0 rings (SSSR count). The minimum Gasteiger partial charge on any atom is -0.466 e. The van der Waals surface area contributed by atoms with Gasteiger partial charge in [0.1, 0.15) is 0 Å². The number of allylic oxidation sites excluding steroid dienone is 5. The molecule has 0 radical (unpaired) electrons. The molecule has 2 unspecified atom stereocenters. The number of aliphatic hydroxyl groups is 2. The summed E-state index contributed by atoms with van der Waals surface area (Å²) < 4.78 is 5.49. The molecule has 0 saturated carbocycles. The zero-order chi connectivity index (χ0) is 60.6. The highest BCUT2D eigenvalue weighted by Crippen LogP contribution is 2.19. The van der Waals surface area contributed by atoms with Crippen molar-refractivity contribution in [1.82, 2.24) is 5.32 Å². The van der Waals surface area contributed by atoms with Crippen molar-refractivity contribution in [3.63, 3.8) is 0 Å². The van der Waals surface area contributed by atoms with E-state index in [1.807, 2.05) is 6.08 Å². The average Bonchev–Trinajstić information content (AvgIpc) is 3.53. The summed E-state index contributed by atoms with van der Waals surface area (Å²) in [6.07, 6.45) is 95.5. The van der Waals surface area contributed by atoms with Crippen LogP contribution >= 0.6 is 0 Å². The Morgan fingerprint density at radius 2 is 0.560 bits per heavy atom. The molecule has 0 aromatic rings. The molecule has 496 valence electrons. The number of carbonyl (C=O) groups excluding carboxylic acids is 2. The second-order valence-electron chi connectivity index (χ2n) is 26.3. The Labute approximate surface area is 525 Å². The van der Waals surface area contributed by atoms with Crippen molar-refractivity contribution < 1.29 is 24.5 Å². The number of amides is 1. The third kappa shape index (κ3) is 69.2. The lowest BCUT2D eigenvalue weighted by Gasteiger charge is -2.20. The van der Waals surface area contributed by atoms with Gasteiger partial charge in [-0.15, -0.1) is 0 Å². The van der Waals surface area contributed by atoms with Gasteiger partial charge in [-0.3, -0.25) is 9.59 Å². The van der Waals surface area contributed by atoms with E-state index in [1.54, 1.807) is 6.08 Å². The molecular weight excluding hydrogens is 1030 g/mol. The monoisotopic (exact) mass is 1180 g/mol. The van der Waals surface area contributed by atoms with Gasteiger partial charge < -0.3 is 20.3 Å². The highest BCUT2D eigenvalue weighted by atomic mass is 16.5. The fraction of sp³-hybridized carbons (Fsp3) is 0.897. The van der Waals surface area contributed by atoms with Gasteiger partial charge in [-0.05, 0) is 83.5 Å². The van der Waals surface area contributed by atoms with Crippen LogP contribution in [0.3, 0.4) is 0 Å². The van der Waals surface area contributed by atoms with Gasteiger partial charge in [-0.2, -0.15) is 0 Å². The molecule has 1 amide bonds. The summed E-state index contributed by atoms with van der Waals surface area (Å²) >= 11 is 0. The molecule has 0 bridgehead atoms. The summed E-state index contributed by atoms with van der Waals surface area (Å²) in [5, 5.41) is 23.2. The van der Waals surface area contributed by atoms with Crippen molar-refractivity contribution >= 4 is 11.9 Å². The van der Waals surface area contributed by atoms with E-state index in [0.29, 0.717) is 19.4 Å². The predicted molar refractivity (Wildman–Crippen MR) is 370 cm³/mol. The average molecular weight is 1180 g/mol. The van der Waals surface area contributed by atoms with E-state index in [0.717, 1.165) is 44.9 Å². The number of rotatable bonds is 72. The number of hydrogen-bond donors (Lipinski definition) is 3. The zero-order valence-corrected chi connectivity index (χ0v) is 56.9. The predicted octanol–water partition coefficient (Wildman–Crippen LogP) is 25.0. The molecule has 0 spiro atoms. The minimum absolute atomic E-state index is 0.0134. The van der Waals surface area contributed by atoms with Crippen molar-refractivity contribution in [3.8, 4) is 0 Å². The highest BCUT2D eigenvalue weighted by molar-refractivity contribution is 5.76. The Morgan fingerprint density at radius 1 is 0.321 bits per heavy atom. The summed E-state index contributed by atoms with van der Waals surface area (Å²) in [5.41, 5.74) is 0. The number of hydrogen-bond acceptors (Lipinski definition) is 5. The van der Waals surface area contributed by atoms with E-state index in [9.17, 15) is 19.8 Å². The quantitative estimate of drug-likeness (QED) is 0.0320. The number of unbranched alkanes of at least 4 members (excludes halogenated alkanes) is 57. The Hall–Kier alpha value is -1.92. The maximum absolute atomic E-state index is 12.5. The molecule has 0 saturated heterocycles. The van der Waals surface area contributed by atoms with Crippen LogP contribution < -0.4 is 5.32 Å². The van der Waals surface area contributed by atoms with Crippen molar-refractivity contribution in [3.05, 3.63) is 36.5 Å². The number of carbonyl (C=O) groups is 2. The minimum atomic E-state index is -0.841. The normalized spacial score (nSPS) is 12.7. The summed E-state index contributed by atoms with van der Waals surface area (Å²) in [6.45, 7) is 4.92. The molecule has 84 heavy (non-hydrogen) atoms. The van der Waals surface area contributed by atoms with Gasteiger partial charge in [-0.1, -0.05) is 365 Å². The number of nitrogens with one attached hydrogen (secondary N) is 1. The molecule has 3 N–H and O–H groups in total. The molecule has 0 aromatic heterocycles. The van der Waals surface area contributed by atoms with Gasteiger partial charge >= 0.3 is 5.97 Å². The number of ether oxygens (including phenoxy) is 1. The molecule has 0 heterocycles. The second-order valence-corrected chi connectivity index (χ2v) is 26.3. The lowest BCUT2D eigenvalue weighted by atomic mass is 10.0. The first kappa shape index (κ1) is 82.1. The van der Waals surface area contributed by atoms with Gasteiger partial charge in [0.2, 0.25) is 5.91 Å². The first-order valence-corrected chi connectivity index (χ1v) is 38.3. The van der Waals surface area contributed by atoms with E-state index < -0.39 is 12.1 Å². The van der Waals surface area contributed by atoms with Crippen molar-refractivity contribution in [2.45, 2.75) is 437 Å². The van der Waals surface area contributed by atoms with Crippen LogP contribution in [-0.2, 0) is 14.3 Å². The van der Waals surface area contributed by atoms with Gasteiger partial charge in [0.25, 0.3) is 0 Å². The molecule has 0 fully saturated rings. The van der Waals surface area contributed by atoms with Gasteiger partial charge in [0.15, 0.2) is 0 Å². The largest absolute Gasteiger partial charge is 0.466 e. The van der Waals surface area contributed by atoms with Crippen LogP contribution in [0.1, 0.15) is 425 Å². The Bertz CT molecular complexity index is 1360. The fourth-order valence-corrected chi connectivity index (χ4v) is 12.0. The second kappa shape index (κ2) is 73.5. The lowest BCUT2D eigenvalue weighted by Crippen LogP contribution is -2.45. The maximum atomic E-state index is 12.5. The number of esters is 1. The van der Waals surface area contributed by atoms with Gasteiger partial charge in [0, 0.05) is 12.8 Å². The van der Waals surface area contributed by atoms with Crippen LogP contribution in [-0.4, -0.2) is 47.4 Å². The third-order valence-corrected chi connectivity index (χ3v) is 17.9. The lowest BCUT2D eigenvalue weighted by molar-refractivity contribution is -0.143. The highest BCUT2D eigenvalue weighted by Gasteiger charge is 2.18. The van der Waals surface area contributed by atoms with Crippen LogP contribution in [0.2, 0.25) is 0 Å². The van der Waals surface area contributed by atoms with Crippen LogP contribution in [0, 0.1) is 0 Å². The first-order chi connectivity index (χ1) is 41.5. The van der Waals surface area contributed by atoms with E-state index in [2.05, 4.69) is 43.5 Å². The van der Waals surface area contributed by atoms with E-state index >= 15 is 0 Å². The summed E-state index contributed by atoms with van der Waals surface area (Å²) in [4.78, 5) is 24.5. The summed E-state index contributed by atoms with van der Waals surface area (Å²) in [7, 11) is 0. The van der Waals surface area contributed by atoms with E-state index in [-0.39, 0.29) is 18.5 Å². The van der Waals surface area contributed by atoms with Crippen LogP contribution in [0.5, 0.6) is 0 Å². The third-order valence-electron chi connectivity index (χ3n) is 17.9. The molecule has 6 nitrogen and oxygen atoms in total.